The van der Waals surface area contributed by atoms with Crippen LogP contribution in [0.2, 0.25) is 0 Å². The van der Waals surface area contributed by atoms with E-state index in [-0.39, 0.29) is 20.2 Å². The summed E-state index contributed by atoms with van der Waals surface area (Å²) in [5, 5.41) is 0. The van der Waals surface area contributed by atoms with E-state index in [0.29, 0.717) is 0 Å². The highest BCUT2D eigenvalue weighted by molar-refractivity contribution is 4.12. The minimum Gasteiger partial charge on any atom is -0.251 e. The molecule has 0 heterocycles. The Hall–Kier alpha value is -0.0700. The van der Waals surface area contributed by atoms with E-state index in [4.69, 9.17) is 5.48 Å². The van der Waals surface area contributed by atoms with Crippen molar-refractivity contribution in [3.8, 4) is 0 Å². The summed E-state index contributed by atoms with van der Waals surface area (Å²) in [4.78, 5) is 0. The summed E-state index contributed by atoms with van der Waals surface area (Å²) in [6, 6.07) is 0. The first kappa shape index (κ1) is 3.86. The third kappa shape index (κ3) is 38.7. The van der Waals surface area contributed by atoms with E-state index in [1.54, 1.807) is 0 Å². The van der Waals surface area contributed by atoms with Crippen LogP contribution in [-0.4, -0.2) is 6.67 Å². The molecule has 0 aliphatic carbocycles. The Balaban J connectivity index is 0. The number of halogens is 1. The summed E-state index contributed by atoms with van der Waals surface area (Å²) in [6.07, 6.45) is -0.154. The van der Waals surface area contributed by atoms with Crippen LogP contribution in [0.3, 0.4) is 0 Å². The molecule has 0 amide bonds. The van der Waals surface area contributed by atoms with Crippen LogP contribution < -0.4 is 0 Å². The second-order valence-electron chi connectivity index (χ2n) is 1.14. The maximum Gasteiger partial charge on any atom is 0.0891 e. The lowest BCUT2D eigenvalue weighted by Crippen LogP contribution is -1.58. The van der Waals surface area contributed by atoms with E-state index >= 15 is 0 Å². The predicted octanol–water partition coefficient (Wildman–Crippen LogP) is 3.17. The number of rotatable bonds is 2. The summed E-state index contributed by atoms with van der Waals surface area (Å²) < 4.78 is 37.5. The summed E-state index contributed by atoms with van der Waals surface area (Å²) >= 11 is 0. The Labute approximate surface area is 57.7 Å². The fraction of sp³-hybridized carbons (Fsp3) is 1.00. The second kappa shape index (κ2) is 15.8. The van der Waals surface area contributed by atoms with Crippen LogP contribution in [0.5, 0.6) is 0 Å². The molecule has 0 aliphatic heterocycles. The standard InChI is InChI=1S/C4H10.C3H7F/c1-3-4-2;1-2-3-4/h3-4H2,1-2H3;2-3H2,1H3/i1D,3D;1D,2D. The van der Waals surface area contributed by atoms with E-state index in [9.17, 15) is 4.39 Å². The second-order valence-corrected chi connectivity index (χ2v) is 1.14. The van der Waals surface area contributed by atoms with Gasteiger partial charge in [-0.25, -0.2) is 0 Å². The molecule has 0 nitrogen and oxygen atoms in total. The van der Waals surface area contributed by atoms with E-state index in [1.807, 2.05) is 6.92 Å². The third-order valence-corrected chi connectivity index (χ3v) is 0.398. The lowest BCUT2D eigenvalue weighted by Gasteiger charge is -1.68. The molecular formula is C7H17F. The lowest BCUT2D eigenvalue weighted by atomic mass is 10.4. The van der Waals surface area contributed by atoms with Crippen LogP contribution in [0.4, 0.5) is 4.39 Å². The van der Waals surface area contributed by atoms with Crippen LogP contribution in [0.1, 0.15) is 45.4 Å². The summed E-state index contributed by atoms with van der Waals surface area (Å²) in [5.41, 5.74) is 0. The molecule has 52 valence electrons. The van der Waals surface area contributed by atoms with Crippen molar-refractivity contribution in [2.24, 2.45) is 0 Å². The average molecular weight is 124 g/mol. The Morgan fingerprint density at radius 2 is 2.12 bits per heavy atom. The molecule has 0 aliphatic rings. The summed E-state index contributed by atoms with van der Waals surface area (Å²) in [7, 11) is 0. The SMILES string of the molecule is [2H]CC([2H])CC.[2H]CC([2H])CF. The van der Waals surface area contributed by atoms with Crippen molar-refractivity contribution in [3.63, 3.8) is 0 Å². The Bertz CT molecular complexity index is 63.8. The molecule has 0 fully saturated rings. The van der Waals surface area contributed by atoms with Gasteiger partial charge in [-0.05, 0) is 6.40 Å². The van der Waals surface area contributed by atoms with Gasteiger partial charge >= 0.3 is 0 Å². The van der Waals surface area contributed by atoms with Gasteiger partial charge < -0.3 is 0 Å². The zero-order valence-electron chi connectivity index (χ0n) is 9.36. The smallest absolute Gasteiger partial charge is 0.0891 e. The van der Waals surface area contributed by atoms with E-state index < -0.39 is 13.1 Å². The Kier molecular flexibility index (Phi) is 7.62. The van der Waals surface area contributed by atoms with Gasteiger partial charge in [0.25, 0.3) is 0 Å². The fourth-order valence-corrected chi connectivity index (χ4v) is 0. The highest BCUT2D eigenvalue weighted by Gasteiger charge is 1.60. The Morgan fingerprint density at radius 3 is 2.12 bits per heavy atom. The molecule has 2 unspecified atom stereocenters. The first-order valence-corrected chi connectivity index (χ1v) is 2.61. The number of hydrogen-bond acceptors (Lipinski definition) is 0. The molecule has 0 bridgehead atoms. The quantitative estimate of drug-likeness (QED) is 0.530. The zero-order chi connectivity index (χ0) is 9.98. The molecule has 0 N–H and O–H groups in total. The minimum absolute atomic E-state index is 0.128. The van der Waals surface area contributed by atoms with Gasteiger partial charge in [-0.1, -0.05) is 33.5 Å². The van der Waals surface area contributed by atoms with E-state index in [2.05, 4.69) is 0 Å². The van der Waals surface area contributed by atoms with Crippen molar-refractivity contribution in [2.75, 3.05) is 6.67 Å². The fourth-order valence-electron chi connectivity index (χ4n) is 0. The Morgan fingerprint density at radius 1 is 1.50 bits per heavy atom. The van der Waals surface area contributed by atoms with Crippen molar-refractivity contribution in [2.45, 2.75) is 39.9 Å². The maximum absolute atomic E-state index is 11.1. The molecular weight excluding hydrogens is 103 g/mol. The van der Waals surface area contributed by atoms with E-state index in [0.717, 1.165) is 6.42 Å². The molecule has 0 rings (SSSR count). The van der Waals surface area contributed by atoms with Crippen LogP contribution in [0.25, 0.3) is 0 Å². The molecule has 0 saturated heterocycles. The average Bonchev–Trinajstić information content (AvgIpc) is 2.16. The topological polar surface area (TPSA) is 0 Å². The van der Waals surface area contributed by atoms with Crippen LogP contribution in [0, 0.1) is 0 Å². The highest BCUT2D eigenvalue weighted by Crippen LogP contribution is 1.76. The third-order valence-electron chi connectivity index (χ3n) is 0.398. The molecule has 1 heteroatoms. The van der Waals surface area contributed by atoms with Gasteiger partial charge in [0.15, 0.2) is 0 Å². The van der Waals surface area contributed by atoms with E-state index in [1.165, 1.54) is 0 Å². The van der Waals surface area contributed by atoms with Gasteiger partial charge in [-0.15, -0.1) is 0 Å². The normalized spacial score (nSPS) is 22.2. The number of alkyl halides is 1. The lowest BCUT2D eigenvalue weighted by molar-refractivity contribution is 0.487. The molecule has 0 radical (unpaired) electrons. The van der Waals surface area contributed by atoms with Crippen molar-refractivity contribution in [1.29, 1.82) is 0 Å². The predicted molar refractivity (Wildman–Crippen MR) is 36.8 cm³/mol. The largest absolute Gasteiger partial charge is 0.251 e. The first-order valence-electron chi connectivity index (χ1n) is 5.18. The van der Waals surface area contributed by atoms with Crippen molar-refractivity contribution < 1.29 is 9.87 Å². The number of hydrogen-bond donors (Lipinski definition) is 0. The summed E-state index contributed by atoms with van der Waals surface area (Å²) in [5.74, 6) is 0. The molecule has 0 aromatic rings. The van der Waals surface area contributed by atoms with Crippen LogP contribution >= 0.6 is 0 Å². The molecule has 8 heavy (non-hydrogen) atoms. The molecule has 0 aromatic carbocycles. The monoisotopic (exact) mass is 124 g/mol. The molecule has 0 spiro atoms. The maximum atomic E-state index is 11.1. The van der Waals surface area contributed by atoms with Gasteiger partial charge in [0, 0.05) is 5.48 Å². The van der Waals surface area contributed by atoms with Crippen molar-refractivity contribution in [3.05, 3.63) is 0 Å². The molecule has 0 saturated carbocycles. The minimum atomic E-state index is -0.815. The highest BCUT2D eigenvalue weighted by atomic mass is 19.1. The van der Waals surface area contributed by atoms with Crippen molar-refractivity contribution >= 4 is 0 Å². The zero-order valence-corrected chi connectivity index (χ0v) is 5.36. The van der Waals surface area contributed by atoms with Crippen LogP contribution in [-0.2, 0) is 0 Å². The van der Waals surface area contributed by atoms with Crippen molar-refractivity contribution in [1.82, 2.24) is 0 Å². The van der Waals surface area contributed by atoms with Gasteiger partial charge in [0.1, 0.15) is 0 Å². The van der Waals surface area contributed by atoms with Gasteiger partial charge in [-0.3, -0.25) is 4.39 Å². The van der Waals surface area contributed by atoms with Gasteiger partial charge in [0.05, 0.1) is 6.67 Å². The molecule has 2 atom stereocenters. The first-order chi connectivity index (χ1) is 5.62. The van der Waals surface area contributed by atoms with Gasteiger partial charge in [-0.2, -0.15) is 0 Å². The van der Waals surface area contributed by atoms with Gasteiger partial charge in [0.2, 0.25) is 0 Å². The molecule has 0 aromatic heterocycles. The van der Waals surface area contributed by atoms with Crippen LogP contribution in [0.15, 0.2) is 0 Å². The summed E-state index contributed by atoms with van der Waals surface area (Å²) in [6.45, 7) is 1.35.